The van der Waals surface area contributed by atoms with Crippen molar-refractivity contribution in [2.24, 2.45) is 17.8 Å². The Balaban J connectivity index is 0.00000157. The second-order valence-electron chi connectivity index (χ2n) is 7.65. The number of carbonyl (C=O) groups excluding carboxylic acids is 1. The molecule has 6 rings (SSSR count). The zero-order chi connectivity index (χ0) is 16.1. The summed E-state index contributed by atoms with van der Waals surface area (Å²) in [5, 5.41) is 5.42. The van der Waals surface area contributed by atoms with Gasteiger partial charge in [0.1, 0.15) is 0 Å². The number of rotatable bonds is 2. The topological polar surface area (TPSA) is 32.3 Å². The monoisotopic (exact) mass is 329 g/mol. The van der Waals surface area contributed by atoms with Gasteiger partial charge in [0.05, 0.1) is 0 Å². The minimum Gasteiger partial charge on any atom is -0.322 e. The lowest BCUT2D eigenvalue weighted by Gasteiger charge is -2.53. The lowest BCUT2D eigenvalue weighted by Crippen LogP contribution is -2.54. The molecule has 3 nitrogen and oxygen atoms in total. The second kappa shape index (κ2) is 6.34. The molecule has 4 bridgehead atoms. The van der Waals surface area contributed by atoms with Gasteiger partial charge in [-0.05, 0) is 53.5 Å². The van der Waals surface area contributed by atoms with E-state index >= 15 is 0 Å². The molecule has 3 radical (unpaired) electrons. The Labute approximate surface area is 150 Å². The highest BCUT2D eigenvalue weighted by Gasteiger charge is 2.44. The standard InChI is InChI=1S/C21H22N2O.B/c24-21(22-19-6-5-15-3-1-2-4-16(15)9-19)10-20-17-7-14-8-18(20)13-23(11-14)12-17;/h1-6,9-10,14,17-18H,7-8,11-13H2,(H,22,24);. The van der Waals surface area contributed by atoms with E-state index in [-0.39, 0.29) is 14.3 Å². The first-order valence-electron chi connectivity index (χ1n) is 8.98. The van der Waals surface area contributed by atoms with E-state index in [0.717, 1.165) is 30.1 Å². The average molecular weight is 329 g/mol. The molecule has 3 heterocycles. The van der Waals surface area contributed by atoms with Gasteiger partial charge in [-0.25, -0.2) is 0 Å². The van der Waals surface area contributed by atoms with Crippen molar-refractivity contribution >= 4 is 30.8 Å². The lowest BCUT2D eigenvalue weighted by molar-refractivity contribution is -0.112. The SMILES string of the molecule is O=C(C=C1C2CC3CC1CN(C3)C2)Nc1ccc2ccccc2c1.[B]. The van der Waals surface area contributed by atoms with Crippen LogP contribution in [0.2, 0.25) is 0 Å². The molecule has 125 valence electrons. The largest absolute Gasteiger partial charge is 0.322 e. The van der Waals surface area contributed by atoms with Crippen LogP contribution in [-0.4, -0.2) is 38.9 Å². The minimum atomic E-state index is 0. The third-order valence-corrected chi connectivity index (χ3v) is 5.97. The fourth-order valence-corrected chi connectivity index (χ4v) is 5.06. The Hall–Kier alpha value is -2.07. The number of hydrogen-bond acceptors (Lipinski definition) is 2. The molecule has 4 aliphatic rings. The van der Waals surface area contributed by atoms with E-state index in [0.29, 0.717) is 11.8 Å². The van der Waals surface area contributed by atoms with Crippen LogP contribution >= 0.6 is 0 Å². The van der Waals surface area contributed by atoms with Gasteiger partial charge in [-0.3, -0.25) is 4.79 Å². The molecule has 2 atom stereocenters. The van der Waals surface area contributed by atoms with Crippen molar-refractivity contribution in [2.75, 3.05) is 25.0 Å². The number of carbonyl (C=O) groups is 1. The first-order valence-corrected chi connectivity index (χ1v) is 8.98. The van der Waals surface area contributed by atoms with Crippen LogP contribution in [0.15, 0.2) is 54.1 Å². The molecule has 4 fully saturated rings. The number of anilines is 1. The molecule has 2 aromatic carbocycles. The Morgan fingerprint density at radius 2 is 1.72 bits per heavy atom. The average Bonchev–Trinajstić information content (AvgIpc) is 2.57. The van der Waals surface area contributed by atoms with E-state index in [1.807, 2.05) is 30.3 Å². The van der Waals surface area contributed by atoms with E-state index in [1.54, 1.807) is 0 Å². The van der Waals surface area contributed by atoms with E-state index in [4.69, 9.17) is 0 Å². The van der Waals surface area contributed by atoms with Crippen molar-refractivity contribution in [3.05, 3.63) is 54.1 Å². The van der Waals surface area contributed by atoms with Crippen molar-refractivity contribution in [2.45, 2.75) is 12.8 Å². The summed E-state index contributed by atoms with van der Waals surface area (Å²) >= 11 is 0. The maximum absolute atomic E-state index is 12.5. The van der Waals surface area contributed by atoms with Crippen LogP contribution in [0.4, 0.5) is 5.69 Å². The summed E-state index contributed by atoms with van der Waals surface area (Å²) in [6, 6.07) is 14.3. The summed E-state index contributed by atoms with van der Waals surface area (Å²) in [6.07, 6.45) is 4.47. The maximum atomic E-state index is 12.5. The molecule has 0 spiro atoms. The second-order valence-corrected chi connectivity index (χ2v) is 7.65. The van der Waals surface area contributed by atoms with Crippen LogP contribution in [0.5, 0.6) is 0 Å². The van der Waals surface area contributed by atoms with Crippen molar-refractivity contribution in [1.29, 1.82) is 0 Å². The summed E-state index contributed by atoms with van der Waals surface area (Å²) in [5.74, 6) is 2.11. The Bertz CT molecular complexity index is 815. The van der Waals surface area contributed by atoms with E-state index in [9.17, 15) is 4.79 Å². The molecule has 2 unspecified atom stereocenters. The molecule has 3 saturated heterocycles. The highest BCUT2D eigenvalue weighted by atomic mass is 16.1. The molecule has 1 N–H and O–H groups in total. The summed E-state index contributed by atoms with van der Waals surface area (Å²) in [7, 11) is 0. The number of nitrogens with zero attached hydrogens (tertiary/aromatic N) is 1. The fourth-order valence-electron chi connectivity index (χ4n) is 5.06. The fraction of sp³-hybridized carbons (Fsp3) is 0.381. The molecule has 3 aliphatic heterocycles. The minimum absolute atomic E-state index is 0. The molecule has 1 saturated carbocycles. The highest BCUT2D eigenvalue weighted by Crippen LogP contribution is 2.46. The molecule has 2 aromatic rings. The first-order chi connectivity index (χ1) is 11.7. The summed E-state index contributed by atoms with van der Waals surface area (Å²) in [6.45, 7) is 3.59. The van der Waals surface area contributed by atoms with E-state index < -0.39 is 0 Å². The zero-order valence-corrected chi connectivity index (χ0v) is 14.3. The highest BCUT2D eigenvalue weighted by molar-refractivity contribution is 6.01. The molecule has 0 aromatic heterocycles. The summed E-state index contributed by atoms with van der Waals surface area (Å²) in [5.41, 5.74) is 2.28. The van der Waals surface area contributed by atoms with Gasteiger partial charge in [-0.15, -0.1) is 0 Å². The van der Waals surface area contributed by atoms with Gasteiger partial charge in [-0.2, -0.15) is 0 Å². The summed E-state index contributed by atoms with van der Waals surface area (Å²) in [4.78, 5) is 15.1. The van der Waals surface area contributed by atoms with Crippen LogP contribution in [0, 0.1) is 17.8 Å². The Morgan fingerprint density at radius 1 is 1.00 bits per heavy atom. The first kappa shape index (κ1) is 16.4. The third-order valence-electron chi connectivity index (χ3n) is 5.97. The Kier molecular flexibility index (Phi) is 4.16. The molecule has 1 amide bonds. The van der Waals surface area contributed by atoms with Crippen LogP contribution < -0.4 is 5.32 Å². The summed E-state index contributed by atoms with van der Waals surface area (Å²) < 4.78 is 0. The smallest absolute Gasteiger partial charge is 0.248 e. The van der Waals surface area contributed by atoms with Crippen LogP contribution in [0.1, 0.15) is 12.8 Å². The van der Waals surface area contributed by atoms with Gasteiger partial charge in [0.15, 0.2) is 0 Å². The molecular weight excluding hydrogens is 307 g/mol. The van der Waals surface area contributed by atoms with Crippen molar-refractivity contribution in [1.82, 2.24) is 4.90 Å². The number of fused-ring (bicyclic) bond motifs is 1. The van der Waals surface area contributed by atoms with Crippen molar-refractivity contribution in [3.63, 3.8) is 0 Å². The lowest BCUT2D eigenvalue weighted by atomic mass is 9.65. The number of amides is 1. The Morgan fingerprint density at radius 3 is 2.44 bits per heavy atom. The van der Waals surface area contributed by atoms with Gasteiger partial charge in [0, 0.05) is 39.8 Å². The molecular formula is C21H22BN2O. The number of nitrogens with one attached hydrogen (secondary N) is 1. The molecule has 1 aliphatic carbocycles. The van der Waals surface area contributed by atoms with Crippen LogP contribution in [0.3, 0.4) is 0 Å². The van der Waals surface area contributed by atoms with Gasteiger partial charge in [-0.1, -0.05) is 35.9 Å². The number of piperidine rings is 3. The van der Waals surface area contributed by atoms with Crippen LogP contribution in [0.25, 0.3) is 10.8 Å². The van der Waals surface area contributed by atoms with Gasteiger partial charge >= 0.3 is 0 Å². The zero-order valence-electron chi connectivity index (χ0n) is 14.3. The van der Waals surface area contributed by atoms with Crippen molar-refractivity contribution < 1.29 is 4.79 Å². The van der Waals surface area contributed by atoms with E-state index in [1.165, 1.54) is 30.3 Å². The predicted octanol–water partition coefficient (Wildman–Crippen LogP) is 3.30. The maximum Gasteiger partial charge on any atom is 0.248 e. The predicted molar refractivity (Wildman–Crippen MR) is 103 cm³/mol. The van der Waals surface area contributed by atoms with Crippen LogP contribution in [-0.2, 0) is 4.79 Å². The van der Waals surface area contributed by atoms with Gasteiger partial charge in [0.2, 0.25) is 5.91 Å². The molecule has 25 heavy (non-hydrogen) atoms. The number of benzene rings is 2. The van der Waals surface area contributed by atoms with Gasteiger partial charge < -0.3 is 10.2 Å². The number of hydrogen-bond donors (Lipinski definition) is 1. The molecule has 4 heteroatoms. The normalized spacial score (nSPS) is 29.4. The quantitative estimate of drug-likeness (QED) is 0.677. The van der Waals surface area contributed by atoms with Gasteiger partial charge in [0.25, 0.3) is 0 Å². The third kappa shape index (κ3) is 3.00. The van der Waals surface area contributed by atoms with E-state index in [2.05, 4.69) is 28.4 Å². The van der Waals surface area contributed by atoms with Crippen molar-refractivity contribution in [3.8, 4) is 0 Å².